The maximum atomic E-state index is 5.54. The van der Waals surface area contributed by atoms with Gasteiger partial charge in [0.15, 0.2) is 0 Å². The van der Waals surface area contributed by atoms with Gasteiger partial charge in [-0.25, -0.2) is 0 Å². The summed E-state index contributed by atoms with van der Waals surface area (Å²) in [5.41, 5.74) is 2.33. The monoisotopic (exact) mass is 406 g/mol. The third-order valence-electron chi connectivity index (χ3n) is 2.75. The van der Waals surface area contributed by atoms with Crippen LogP contribution in [0.5, 0.6) is 0 Å². The molecule has 2 aromatic rings. The highest BCUT2D eigenvalue weighted by Crippen LogP contribution is 2.13. The normalized spacial score (nSPS) is 11.5. The standard InChI is InChI=1S/C18H16Br2O/c19-17-9-1-5-15(13-17)7-3-11-21-12-4-8-16-6-2-10-18(20)14-16/h1-10,13-14H,11-12H2. The number of benzene rings is 2. The van der Waals surface area contributed by atoms with E-state index in [4.69, 9.17) is 4.74 Å². The van der Waals surface area contributed by atoms with Gasteiger partial charge in [0.1, 0.15) is 0 Å². The minimum Gasteiger partial charge on any atom is -0.373 e. The largest absolute Gasteiger partial charge is 0.373 e. The zero-order valence-electron chi connectivity index (χ0n) is 11.5. The number of hydrogen-bond acceptors (Lipinski definition) is 1. The molecule has 21 heavy (non-hydrogen) atoms. The number of ether oxygens (including phenoxy) is 1. The van der Waals surface area contributed by atoms with E-state index in [-0.39, 0.29) is 0 Å². The highest BCUT2D eigenvalue weighted by atomic mass is 79.9. The van der Waals surface area contributed by atoms with Crippen LogP contribution in [0.15, 0.2) is 69.6 Å². The van der Waals surface area contributed by atoms with Crippen LogP contribution in [0.25, 0.3) is 12.2 Å². The van der Waals surface area contributed by atoms with Gasteiger partial charge in [0.2, 0.25) is 0 Å². The maximum absolute atomic E-state index is 5.54. The van der Waals surface area contributed by atoms with Crippen LogP contribution < -0.4 is 0 Å². The molecule has 0 spiro atoms. The molecule has 3 heteroatoms. The minimum atomic E-state index is 0.606. The lowest BCUT2D eigenvalue weighted by molar-refractivity contribution is 0.195. The summed E-state index contributed by atoms with van der Waals surface area (Å²) < 4.78 is 7.71. The molecule has 0 heterocycles. The Hall–Kier alpha value is -1.16. The van der Waals surface area contributed by atoms with Crippen molar-refractivity contribution in [3.63, 3.8) is 0 Å². The predicted molar refractivity (Wildman–Crippen MR) is 97.2 cm³/mol. The highest BCUT2D eigenvalue weighted by Gasteiger charge is 1.89. The van der Waals surface area contributed by atoms with E-state index in [1.54, 1.807) is 0 Å². The summed E-state index contributed by atoms with van der Waals surface area (Å²) in [4.78, 5) is 0. The Kier molecular flexibility index (Phi) is 6.93. The van der Waals surface area contributed by atoms with E-state index in [1.807, 2.05) is 36.4 Å². The second-order valence-electron chi connectivity index (χ2n) is 4.45. The minimum absolute atomic E-state index is 0.606. The topological polar surface area (TPSA) is 9.23 Å². The Morgan fingerprint density at radius 1 is 0.762 bits per heavy atom. The summed E-state index contributed by atoms with van der Waals surface area (Å²) in [6.45, 7) is 1.21. The molecule has 0 bridgehead atoms. The Morgan fingerprint density at radius 2 is 1.24 bits per heavy atom. The van der Waals surface area contributed by atoms with E-state index in [9.17, 15) is 0 Å². The van der Waals surface area contributed by atoms with Gasteiger partial charge in [0, 0.05) is 8.95 Å². The van der Waals surface area contributed by atoms with Gasteiger partial charge in [-0.3, -0.25) is 0 Å². The third kappa shape index (κ3) is 6.42. The van der Waals surface area contributed by atoms with E-state index >= 15 is 0 Å². The van der Waals surface area contributed by atoms with E-state index in [1.165, 1.54) is 0 Å². The van der Waals surface area contributed by atoms with Crippen LogP contribution in [-0.2, 0) is 4.74 Å². The molecule has 0 saturated heterocycles. The zero-order valence-corrected chi connectivity index (χ0v) is 14.7. The van der Waals surface area contributed by atoms with E-state index in [0.29, 0.717) is 13.2 Å². The van der Waals surface area contributed by atoms with Gasteiger partial charge in [0.25, 0.3) is 0 Å². The lowest BCUT2D eigenvalue weighted by atomic mass is 10.2. The SMILES string of the molecule is Brc1cccc(C=CCOCC=Cc2cccc(Br)c2)c1. The first-order valence-electron chi connectivity index (χ1n) is 6.66. The van der Waals surface area contributed by atoms with Gasteiger partial charge in [-0.1, -0.05) is 80.4 Å². The number of rotatable bonds is 6. The van der Waals surface area contributed by atoms with Crippen molar-refractivity contribution in [2.75, 3.05) is 13.2 Å². The second-order valence-corrected chi connectivity index (χ2v) is 6.28. The molecular weight excluding hydrogens is 392 g/mol. The summed E-state index contributed by atoms with van der Waals surface area (Å²) >= 11 is 6.91. The smallest absolute Gasteiger partial charge is 0.0655 e. The van der Waals surface area contributed by atoms with E-state index < -0.39 is 0 Å². The molecule has 0 atom stereocenters. The van der Waals surface area contributed by atoms with Crippen molar-refractivity contribution >= 4 is 44.0 Å². The predicted octanol–water partition coefficient (Wildman–Crippen LogP) is 5.95. The van der Waals surface area contributed by atoms with Crippen molar-refractivity contribution in [2.45, 2.75) is 0 Å². The molecule has 2 rings (SSSR count). The average molecular weight is 408 g/mol. The lowest BCUT2D eigenvalue weighted by Crippen LogP contribution is -1.90. The van der Waals surface area contributed by atoms with Crippen LogP contribution in [-0.4, -0.2) is 13.2 Å². The summed E-state index contributed by atoms with van der Waals surface area (Å²) in [5.74, 6) is 0. The quantitative estimate of drug-likeness (QED) is 0.537. The molecule has 0 saturated carbocycles. The van der Waals surface area contributed by atoms with Gasteiger partial charge < -0.3 is 4.74 Å². The Morgan fingerprint density at radius 3 is 1.67 bits per heavy atom. The van der Waals surface area contributed by atoms with Crippen LogP contribution in [0.1, 0.15) is 11.1 Å². The van der Waals surface area contributed by atoms with Crippen molar-refractivity contribution in [2.24, 2.45) is 0 Å². The van der Waals surface area contributed by atoms with Crippen LogP contribution in [0.3, 0.4) is 0 Å². The van der Waals surface area contributed by atoms with Crippen LogP contribution in [0.2, 0.25) is 0 Å². The molecule has 108 valence electrons. The molecule has 0 aromatic heterocycles. The zero-order chi connectivity index (χ0) is 14.9. The molecule has 2 aromatic carbocycles. The molecule has 0 N–H and O–H groups in total. The molecule has 0 unspecified atom stereocenters. The fraction of sp³-hybridized carbons (Fsp3) is 0.111. The molecule has 0 fully saturated rings. The summed E-state index contributed by atoms with van der Waals surface area (Å²) in [7, 11) is 0. The van der Waals surface area contributed by atoms with Crippen molar-refractivity contribution in [3.8, 4) is 0 Å². The average Bonchev–Trinajstić information content (AvgIpc) is 2.46. The Balaban J connectivity index is 1.70. The Labute approximate surface area is 142 Å². The summed E-state index contributed by atoms with van der Waals surface area (Å²) in [6, 6.07) is 16.3. The van der Waals surface area contributed by atoms with Crippen LogP contribution in [0, 0.1) is 0 Å². The van der Waals surface area contributed by atoms with E-state index in [0.717, 1.165) is 20.1 Å². The van der Waals surface area contributed by atoms with Gasteiger partial charge in [-0.05, 0) is 35.4 Å². The summed E-state index contributed by atoms with van der Waals surface area (Å²) in [5, 5.41) is 0. The molecule has 1 nitrogen and oxygen atoms in total. The molecule has 0 radical (unpaired) electrons. The molecule has 0 aliphatic rings. The van der Waals surface area contributed by atoms with E-state index in [2.05, 4.69) is 68.3 Å². The molecule has 0 amide bonds. The third-order valence-corrected chi connectivity index (χ3v) is 3.73. The first kappa shape index (κ1) is 16.2. The first-order valence-corrected chi connectivity index (χ1v) is 8.24. The fourth-order valence-electron chi connectivity index (χ4n) is 1.79. The number of halogens is 2. The van der Waals surface area contributed by atoms with Gasteiger partial charge in [-0.15, -0.1) is 0 Å². The van der Waals surface area contributed by atoms with Gasteiger partial charge in [0.05, 0.1) is 13.2 Å². The second kappa shape index (κ2) is 8.98. The Bertz CT molecular complexity index is 577. The van der Waals surface area contributed by atoms with Crippen molar-refractivity contribution < 1.29 is 4.74 Å². The molecule has 0 aliphatic carbocycles. The van der Waals surface area contributed by atoms with Gasteiger partial charge >= 0.3 is 0 Å². The summed E-state index contributed by atoms with van der Waals surface area (Å²) in [6.07, 6.45) is 8.16. The highest BCUT2D eigenvalue weighted by molar-refractivity contribution is 9.10. The van der Waals surface area contributed by atoms with Crippen molar-refractivity contribution in [3.05, 3.63) is 80.8 Å². The first-order chi connectivity index (χ1) is 10.2. The fourth-order valence-corrected chi connectivity index (χ4v) is 2.63. The van der Waals surface area contributed by atoms with Gasteiger partial charge in [-0.2, -0.15) is 0 Å². The van der Waals surface area contributed by atoms with Crippen molar-refractivity contribution in [1.29, 1.82) is 0 Å². The molecular formula is C18H16Br2O. The molecule has 0 aliphatic heterocycles. The van der Waals surface area contributed by atoms with Crippen LogP contribution >= 0.6 is 31.9 Å². The van der Waals surface area contributed by atoms with Crippen molar-refractivity contribution in [1.82, 2.24) is 0 Å². The number of hydrogen-bond donors (Lipinski definition) is 0. The lowest BCUT2D eigenvalue weighted by Gasteiger charge is -1.97. The maximum Gasteiger partial charge on any atom is 0.0655 e. The van der Waals surface area contributed by atoms with Crippen LogP contribution in [0.4, 0.5) is 0 Å².